The quantitative estimate of drug-likeness (QED) is 0.514. The monoisotopic (exact) mass is 402 g/mol. The van der Waals surface area contributed by atoms with Crippen LogP contribution in [0.3, 0.4) is 0 Å². The van der Waals surface area contributed by atoms with Gasteiger partial charge in [0.25, 0.3) is 0 Å². The molecule has 0 bridgehead atoms. The number of phenolic OH excluding ortho intramolecular Hbond substituents is 1. The van der Waals surface area contributed by atoms with Gasteiger partial charge in [-0.3, -0.25) is 4.79 Å². The van der Waals surface area contributed by atoms with E-state index in [9.17, 15) is 14.3 Å². The van der Waals surface area contributed by atoms with Crippen LogP contribution < -0.4 is 10.6 Å². The normalized spacial score (nSPS) is 18.6. The molecule has 0 saturated carbocycles. The van der Waals surface area contributed by atoms with Gasteiger partial charge in [0.15, 0.2) is 0 Å². The lowest BCUT2D eigenvalue weighted by Crippen LogP contribution is -2.30. The van der Waals surface area contributed by atoms with E-state index < -0.39 is 11.8 Å². The van der Waals surface area contributed by atoms with Crippen molar-refractivity contribution in [2.45, 2.75) is 32.6 Å². The third-order valence-corrected chi connectivity index (χ3v) is 5.31. The highest BCUT2D eigenvalue weighted by molar-refractivity contribution is 5.68. The Morgan fingerprint density at radius 2 is 1.86 bits per heavy atom. The molecule has 0 fully saturated rings. The molecule has 0 spiro atoms. The van der Waals surface area contributed by atoms with Gasteiger partial charge < -0.3 is 20.8 Å². The number of anilines is 1. The number of benzene rings is 2. The first-order chi connectivity index (χ1) is 13.9. The number of halogens is 1. The number of phenols is 1. The fourth-order valence-electron chi connectivity index (χ4n) is 3.59. The minimum absolute atomic E-state index is 0.0162. The van der Waals surface area contributed by atoms with Gasteiger partial charge in [-0.15, -0.1) is 0 Å². The van der Waals surface area contributed by atoms with Gasteiger partial charge in [-0.25, -0.2) is 4.39 Å². The molecular formula is C23H31FN2O3. The minimum Gasteiger partial charge on any atom is -0.508 e. The molecule has 1 aliphatic rings. The number of carboxylic acids is 1. The van der Waals surface area contributed by atoms with Gasteiger partial charge >= 0.3 is 5.97 Å². The second-order valence-electron chi connectivity index (χ2n) is 7.68. The average Bonchev–Trinajstić information content (AvgIpc) is 2.69. The molecule has 0 aromatic heterocycles. The van der Waals surface area contributed by atoms with Crippen molar-refractivity contribution in [3.05, 3.63) is 59.9 Å². The summed E-state index contributed by atoms with van der Waals surface area (Å²) in [5.41, 5.74) is 1.33. The highest BCUT2D eigenvalue weighted by atomic mass is 19.1. The van der Waals surface area contributed by atoms with E-state index in [1.165, 1.54) is 0 Å². The molecule has 158 valence electrons. The average molecular weight is 403 g/mol. The number of rotatable bonds is 7. The van der Waals surface area contributed by atoms with E-state index in [1.54, 1.807) is 6.07 Å². The summed E-state index contributed by atoms with van der Waals surface area (Å²) in [6.07, 6.45) is 1.95. The summed E-state index contributed by atoms with van der Waals surface area (Å²) >= 11 is 0. The smallest absolute Gasteiger partial charge is 0.317 e. The molecule has 2 aromatic rings. The van der Waals surface area contributed by atoms with Crippen LogP contribution in [0.5, 0.6) is 5.75 Å². The zero-order chi connectivity index (χ0) is 21.2. The van der Waals surface area contributed by atoms with E-state index in [2.05, 4.69) is 24.5 Å². The molecule has 0 saturated heterocycles. The van der Waals surface area contributed by atoms with Crippen molar-refractivity contribution in [1.82, 2.24) is 5.32 Å². The summed E-state index contributed by atoms with van der Waals surface area (Å²) in [6.45, 7) is 5.53. The Bertz CT molecular complexity index is 744. The number of carbonyl (C=O) groups is 1. The van der Waals surface area contributed by atoms with E-state index >= 15 is 0 Å². The highest BCUT2D eigenvalue weighted by Crippen LogP contribution is 2.40. The summed E-state index contributed by atoms with van der Waals surface area (Å²) in [5.74, 6) is -0.374. The van der Waals surface area contributed by atoms with Crippen LogP contribution >= 0.6 is 0 Å². The Balaban J connectivity index is 0.000000426. The number of hydrogen-bond donors (Lipinski definition) is 4. The zero-order valence-electron chi connectivity index (χ0n) is 17.1. The predicted octanol–water partition coefficient (Wildman–Crippen LogP) is 4.45. The lowest BCUT2D eigenvalue weighted by Gasteiger charge is -2.33. The lowest BCUT2D eigenvalue weighted by atomic mass is 9.79. The van der Waals surface area contributed by atoms with Gasteiger partial charge in [-0.05, 0) is 48.8 Å². The molecule has 0 aliphatic carbocycles. The standard InChI is InChI=1S/C17H25FN2O3.C6H6/c1-10(7-19-9-16(22)23)3-4-12-8-20-17-14(11(12)2)5-13(21)6-15(17)18;1-2-4-6-5-3-1/h5-6,10-12,19-21H,3-4,7-9H2,1-2H3,(H,22,23);1-6H. The lowest BCUT2D eigenvalue weighted by molar-refractivity contribution is -0.136. The Morgan fingerprint density at radius 1 is 1.24 bits per heavy atom. The molecule has 5 nitrogen and oxygen atoms in total. The predicted molar refractivity (Wildman–Crippen MR) is 114 cm³/mol. The summed E-state index contributed by atoms with van der Waals surface area (Å²) in [6, 6.07) is 14.8. The SMILES string of the molecule is CC(CCC1CNc2c(F)cc(O)cc2C1C)CNCC(=O)O.c1ccccc1. The molecule has 0 radical (unpaired) electrons. The van der Waals surface area contributed by atoms with Crippen LogP contribution in [0, 0.1) is 17.7 Å². The topological polar surface area (TPSA) is 81.6 Å². The molecule has 4 N–H and O–H groups in total. The number of aromatic hydroxyl groups is 1. The first kappa shape index (κ1) is 22.7. The van der Waals surface area contributed by atoms with Crippen LogP contribution in [0.2, 0.25) is 0 Å². The second kappa shape index (κ2) is 11.4. The fraction of sp³-hybridized carbons (Fsp3) is 0.435. The fourth-order valence-corrected chi connectivity index (χ4v) is 3.59. The van der Waals surface area contributed by atoms with Crippen molar-refractivity contribution < 1.29 is 19.4 Å². The van der Waals surface area contributed by atoms with Crippen LogP contribution in [0.4, 0.5) is 10.1 Å². The molecule has 1 aliphatic heterocycles. The first-order valence-corrected chi connectivity index (χ1v) is 10.1. The van der Waals surface area contributed by atoms with E-state index in [0.29, 0.717) is 30.6 Å². The third-order valence-electron chi connectivity index (χ3n) is 5.31. The van der Waals surface area contributed by atoms with Crippen molar-refractivity contribution in [3.63, 3.8) is 0 Å². The largest absolute Gasteiger partial charge is 0.508 e. The third kappa shape index (κ3) is 7.38. The van der Waals surface area contributed by atoms with Crippen molar-refractivity contribution in [2.24, 2.45) is 11.8 Å². The number of aliphatic carboxylic acids is 1. The van der Waals surface area contributed by atoms with Gasteiger partial charge in [0.2, 0.25) is 0 Å². The van der Waals surface area contributed by atoms with Gasteiger partial charge in [0, 0.05) is 12.6 Å². The van der Waals surface area contributed by atoms with Gasteiger partial charge in [0.05, 0.1) is 12.2 Å². The Morgan fingerprint density at radius 3 is 2.45 bits per heavy atom. The van der Waals surface area contributed by atoms with Crippen LogP contribution in [0.25, 0.3) is 0 Å². The van der Waals surface area contributed by atoms with E-state index in [4.69, 9.17) is 5.11 Å². The van der Waals surface area contributed by atoms with E-state index in [-0.39, 0.29) is 18.2 Å². The summed E-state index contributed by atoms with van der Waals surface area (Å²) in [7, 11) is 0. The van der Waals surface area contributed by atoms with Crippen molar-refractivity contribution in [3.8, 4) is 5.75 Å². The van der Waals surface area contributed by atoms with Crippen molar-refractivity contribution >= 4 is 11.7 Å². The Kier molecular flexibility index (Phi) is 8.93. The molecule has 29 heavy (non-hydrogen) atoms. The van der Waals surface area contributed by atoms with Crippen molar-refractivity contribution in [1.29, 1.82) is 0 Å². The summed E-state index contributed by atoms with van der Waals surface area (Å²) in [4.78, 5) is 10.5. The van der Waals surface area contributed by atoms with Crippen LogP contribution in [0.1, 0.15) is 38.2 Å². The first-order valence-electron chi connectivity index (χ1n) is 10.1. The molecule has 2 aromatic carbocycles. The van der Waals surface area contributed by atoms with Gasteiger partial charge in [-0.2, -0.15) is 0 Å². The van der Waals surface area contributed by atoms with Gasteiger partial charge in [0.1, 0.15) is 11.6 Å². The number of hydrogen-bond acceptors (Lipinski definition) is 4. The molecule has 3 rings (SSSR count). The molecular weight excluding hydrogens is 371 g/mol. The molecule has 1 heterocycles. The number of fused-ring (bicyclic) bond motifs is 1. The van der Waals surface area contributed by atoms with E-state index in [1.807, 2.05) is 36.4 Å². The van der Waals surface area contributed by atoms with E-state index in [0.717, 1.165) is 24.5 Å². The Labute approximate surface area is 172 Å². The maximum Gasteiger partial charge on any atom is 0.317 e. The maximum atomic E-state index is 13.9. The number of carboxylic acid groups (broad SMARTS) is 1. The van der Waals surface area contributed by atoms with Crippen LogP contribution in [0.15, 0.2) is 48.5 Å². The zero-order valence-corrected chi connectivity index (χ0v) is 17.1. The highest BCUT2D eigenvalue weighted by Gasteiger charge is 2.28. The Hall–Kier alpha value is -2.60. The second-order valence-corrected chi connectivity index (χ2v) is 7.68. The molecule has 0 amide bonds. The molecule has 3 unspecified atom stereocenters. The maximum absolute atomic E-state index is 13.9. The molecule has 6 heteroatoms. The van der Waals surface area contributed by atoms with Crippen LogP contribution in [-0.4, -0.2) is 35.8 Å². The summed E-state index contributed by atoms with van der Waals surface area (Å²) < 4.78 is 13.9. The minimum atomic E-state index is -0.847. The molecule has 3 atom stereocenters. The van der Waals surface area contributed by atoms with Crippen molar-refractivity contribution in [2.75, 3.05) is 25.0 Å². The van der Waals surface area contributed by atoms with Crippen LogP contribution in [-0.2, 0) is 4.79 Å². The van der Waals surface area contributed by atoms with Gasteiger partial charge in [-0.1, -0.05) is 50.2 Å². The summed E-state index contributed by atoms with van der Waals surface area (Å²) in [5, 5.41) is 24.3. The number of nitrogens with one attached hydrogen (secondary N) is 2.